The van der Waals surface area contributed by atoms with Crippen molar-refractivity contribution in [2.24, 2.45) is 17.8 Å². The summed E-state index contributed by atoms with van der Waals surface area (Å²) in [5.74, 6) is 3.73. The van der Waals surface area contributed by atoms with Gasteiger partial charge in [0.25, 0.3) is 0 Å². The first-order chi connectivity index (χ1) is 9.58. The number of nitrogens with zero attached hydrogens (tertiary/aromatic N) is 2. The first-order valence-electron chi connectivity index (χ1n) is 7.87. The minimum atomic E-state index is 0.0789. The molecule has 20 heavy (non-hydrogen) atoms. The normalized spacial score (nSPS) is 28.1. The maximum absolute atomic E-state index is 9.64. The number of aryl methyl sites for hydroxylation is 2. The Morgan fingerprint density at radius 2 is 2.10 bits per heavy atom. The van der Waals surface area contributed by atoms with E-state index in [0.29, 0.717) is 0 Å². The molecule has 3 rings (SSSR count). The molecule has 0 saturated heterocycles. The second-order valence-electron chi connectivity index (χ2n) is 6.86. The lowest BCUT2D eigenvalue weighted by Gasteiger charge is -2.29. The standard InChI is InChI=1S/C17H26N2O/c1-11-6-12(2)18-17(16(11)10-20)19(3)9-15-8-13-4-5-14(15)7-13/h6,13-15,20H,4-5,7-10H2,1-3H3. The highest BCUT2D eigenvalue weighted by molar-refractivity contribution is 5.50. The van der Waals surface area contributed by atoms with Gasteiger partial charge in [0.15, 0.2) is 0 Å². The molecule has 1 N–H and O–H groups in total. The number of aliphatic hydroxyl groups is 1. The summed E-state index contributed by atoms with van der Waals surface area (Å²) < 4.78 is 0. The lowest BCUT2D eigenvalue weighted by atomic mass is 9.88. The molecule has 0 amide bonds. The molecule has 110 valence electrons. The van der Waals surface area contributed by atoms with Crippen LogP contribution < -0.4 is 4.90 Å². The van der Waals surface area contributed by atoms with E-state index in [1.165, 1.54) is 25.7 Å². The largest absolute Gasteiger partial charge is 0.392 e. The Kier molecular flexibility index (Phi) is 3.72. The first-order valence-corrected chi connectivity index (χ1v) is 7.87. The number of aromatic nitrogens is 1. The average Bonchev–Trinajstić information content (AvgIpc) is 3.00. The fraction of sp³-hybridized carbons (Fsp3) is 0.706. The van der Waals surface area contributed by atoms with Crippen molar-refractivity contribution < 1.29 is 5.11 Å². The van der Waals surface area contributed by atoms with Crippen molar-refractivity contribution in [3.63, 3.8) is 0 Å². The monoisotopic (exact) mass is 274 g/mol. The van der Waals surface area contributed by atoms with E-state index < -0.39 is 0 Å². The topological polar surface area (TPSA) is 36.4 Å². The van der Waals surface area contributed by atoms with Gasteiger partial charge in [0.05, 0.1) is 6.61 Å². The summed E-state index contributed by atoms with van der Waals surface area (Å²) >= 11 is 0. The number of aliphatic hydroxyl groups excluding tert-OH is 1. The first kappa shape index (κ1) is 13.9. The molecule has 1 heterocycles. The van der Waals surface area contributed by atoms with Gasteiger partial charge in [-0.15, -0.1) is 0 Å². The third kappa shape index (κ3) is 2.44. The Morgan fingerprint density at radius 1 is 1.30 bits per heavy atom. The molecule has 2 aliphatic carbocycles. The van der Waals surface area contributed by atoms with E-state index >= 15 is 0 Å². The van der Waals surface area contributed by atoms with Crippen LogP contribution in [0.15, 0.2) is 6.07 Å². The fourth-order valence-corrected chi connectivity index (χ4v) is 4.39. The van der Waals surface area contributed by atoms with Crippen molar-refractivity contribution in [3.8, 4) is 0 Å². The van der Waals surface area contributed by atoms with E-state index in [-0.39, 0.29) is 6.61 Å². The van der Waals surface area contributed by atoms with Crippen LogP contribution in [0.4, 0.5) is 5.82 Å². The smallest absolute Gasteiger partial charge is 0.134 e. The summed E-state index contributed by atoms with van der Waals surface area (Å²) in [6.45, 7) is 5.26. The Balaban J connectivity index is 1.78. The number of hydrogen-bond donors (Lipinski definition) is 1. The number of fused-ring (bicyclic) bond motifs is 2. The van der Waals surface area contributed by atoms with Crippen LogP contribution in [0.5, 0.6) is 0 Å². The minimum absolute atomic E-state index is 0.0789. The lowest BCUT2D eigenvalue weighted by molar-refractivity contribution is 0.280. The van der Waals surface area contributed by atoms with Gasteiger partial charge in [-0.3, -0.25) is 0 Å². The molecule has 0 aliphatic heterocycles. The van der Waals surface area contributed by atoms with Crippen LogP contribution in [-0.4, -0.2) is 23.7 Å². The van der Waals surface area contributed by atoms with Crippen molar-refractivity contribution in [1.82, 2.24) is 4.98 Å². The molecule has 1 aromatic rings. The van der Waals surface area contributed by atoms with E-state index in [4.69, 9.17) is 0 Å². The molecule has 1 aromatic heterocycles. The minimum Gasteiger partial charge on any atom is -0.392 e. The number of pyridine rings is 1. The van der Waals surface area contributed by atoms with Crippen molar-refractivity contribution in [2.75, 3.05) is 18.5 Å². The van der Waals surface area contributed by atoms with Gasteiger partial charge in [0, 0.05) is 24.8 Å². The molecule has 2 saturated carbocycles. The van der Waals surface area contributed by atoms with Crippen LogP contribution in [0.3, 0.4) is 0 Å². The zero-order valence-corrected chi connectivity index (χ0v) is 12.9. The third-order valence-electron chi connectivity index (χ3n) is 5.37. The van der Waals surface area contributed by atoms with Gasteiger partial charge in [0.1, 0.15) is 5.82 Å². The van der Waals surface area contributed by atoms with Crippen LogP contribution >= 0.6 is 0 Å². The Hall–Kier alpha value is -1.09. The second-order valence-corrected chi connectivity index (χ2v) is 6.86. The summed E-state index contributed by atoms with van der Waals surface area (Å²) in [6, 6.07) is 2.06. The molecule has 3 heteroatoms. The molecule has 2 fully saturated rings. The maximum atomic E-state index is 9.64. The van der Waals surface area contributed by atoms with E-state index in [0.717, 1.165) is 46.9 Å². The van der Waals surface area contributed by atoms with Gasteiger partial charge in [-0.25, -0.2) is 4.98 Å². The summed E-state index contributed by atoms with van der Waals surface area (Å²) in [7, 11) is 2.13. The summed E-state index contributed by atoms with van der Waals surface area (Å²) in [6.07, 6.45) is 5.73. The van der Waals surface area contributed by atoms with Gasteiger partial charge in [-0.05, 0) is 62.5 Å². The molecular formula is C17H26N2O. The number of rotatable bonds is 4. The Labute approximate surface area is 122 Å². The summed E-state index contributed by atoms with van der Waals surface area (Å²) in [4.78, 5) is 6.95. The molecule has 0 aromatic carbocycles. The van der Waals surface area contributed by atoms with Crippen LogP contribution in [-0.2, 0) is 6.61 Å². The molecular weight excluding hydrogens is 248 g/mol. The van der Waals surface area contributed by atoms with Crippen molar-refractivity contribution in [2.45, 2.75) is 46.1 Å². The maximum Gasteiger partial charge on any atom is 0.134 e. The predicted molar refractivity (Wildman–Crippen MR) is 81.8 cm³/mol. The Morgan fingerprint density at radius 3 is 2.70 bits per heavy atom. The highest BCUT2D eigenvalue weighted by Crippen LogP contribution is 2.48. The van der Waals surface area contributed by atoms with Crippen LogP contribution in [0.2, 0.25) is 0 Å². The number of hydrogen-bond acceptors (Lipinski definition) is 3. The van der Waals surface area contributed by atoms with Gasteiger partial charge >= 0.3 is 0 Å². The molecule has 2 bridgehead atoms. The highest BCUT2D eigenvalue weighted by Gasteiger charge is 2.39. The van der Waals surface area contributed by atoms with Crippen LogP contribution in [0.25, 0.3) is 0 Å². The molecule has 3 atom stereocenters. The van der Waals surface area contributed by atoms with E-state index in [9.17, 15) is 5.11 Å². The van der Waals surface area contributed by atoms with Crippen molar-refractivity contribution in [3.05, 3.63) is 22.9 Å². The van der Waals surface area contributed by atoms with E-state index in [1.807, 2.05) is 6.92 Å². The van der Waals surface area contributed by atoms with Gasteiger partial charge in [-0.2, -0.15) is 0 Å². The van der Waals surface area contributed by atoms with Crippen LogP contribution in [0, 0.1) is 31.6 Å². The molecule has 3 nitrogen and oxygen atoms in total. The van der Waals surface area contributed by atoms with Crippen molar-refractivity contribution >= 4 is 5.82 Å². The quantitative estimate of drug-likeness (QED) is 0.916. The number of anilines is 1. The van der Waals surface area contributed by atoms with Gasteiger partial charge in [-0.1, -0.05) is 6.42 Å². The SMILES string of the molecule is Cc1cc(C)c(CO)c(N(C)CC2CC3CCC2C3)n1. The summed E-state index contributed by atoms with van der Waals surface area (Å²) in [5.41, 5.74) is 3.17. The molecule has 0 radical (unpaired) electrons. The lowest BCUT2D eigenvalue weighted by Crippen LogP contribution is -2.30. The zero-order chi connectivity index (χ0) is 14.3. The molecule has 2 aliphatic rings. The van der Waals surface area contributed by atoms with E-state index in [2.05, 4.69) is 29.9 Å². The third-order valence-corrected chi connectivity index (χ3v) is 5.37. The highest BCUT2D eigenvalue weighted by atomic mass is 16.3. The average molecular weight is 274 g/mol. The second kappa shape index (κ2) is 5.36. The van der Waals surface area contributed by atoms with E-state index in [1.54, 1.807) is 0 Å². The fourth-order valence-electron chi connectivity index (χ4n) is 4.39. The van der Waals surface area contributed by atoms with Crippen LogP contribution in [0.1, 0.15) is 42.5 Å². The van der Waals surface area contributed by atoms with Crippen molar-refractivity contribution in [1.29, 1.82) is 0 Å². The Bertz CT molecular complexity index is 500. The van der Waals surface area contributed by atoms with Gasteiger partial charge in [0.2, 0.25) is 0 Å². The summed E-state index contributed by atoms with van der Waals surface area (Å²) in [5, 5.41) is 9.64. The van der Waals surface area contributed by atoms with Gasteiger partial charge < -0.3 is 10.0 Å². The molecule has 0 spiro atoms. The molecule has 3 unspecified atom stereocenters. The predicted octanol–water partition coefficient (Wildman–Crippen LogP) is 3.06. The zero-order valence-electron chi connectivity index (χ0n) is 12.9.